The standard InChI is InChI=1S/C21H25BrN2O2S/c1-2-3-4-8-13-26-19-12-11-17(14-18(19)22)20(25)24-21(27)23-15-16-9-6-5-7-10-16/h5-7,9-12,14H,2-4,8,13,15H2,1H3,(H2,23,24,25,27). The lowest BCUT2D eigenvalue weighted by Crippen LogP contribution is -2.38. The molecule has 0 heterocycles. The Hall–Kier alpha value is -1.92. The van der Waals surface area contributed by atoms with Gasteiger partial charge in [-0.3, -0.25) is 10.1 Å². The van der Waals surface area contributed by atoms with Crippen LogP contribution in [0.1, 0.15) is 48.5 Å². The van der Waals surface area contributed by atoms with E-state index in [0.717, 1.165) is 22.2 Å². The van der Waals surface area contributed by atoms with E-state index in [0.29, 0.717) is 23.8 Å². The number of ether oxygens (including phenoxy) is 1. The molecule has 0 aromatic heterocycles. The van der Waals surface area contributed by atoms with E-state index in [4.69, 9.17) is 17.0 Å². The van der Waals surface area contributed by atoms with Crippen LogP contribution in [0.4, 0.5) is 0 Å². The van der Waals surface area contributed by atoms with Gasteiger partial charge in [-0.15, -0.1) is 0 Å². The SMILES string of the molecule is CCCCCCOc1ccc(C(=O)NC(=S)NCc2ccccc2)cc1Br. The van der Waals surface area contributed by atoms with E-state index in [2.05, 4.69) is 33.5 Å². The molecule has 2 aromatic rings. The topological polar surface area (TPSA) is 50.4 Å². The van der Waals surface area contributed by atoms with Crippen LogP contribution in [0.2, 0.25) is 0 Å². The number of unbranched alkanes of at least 4 members (excludes halogenated alkanes) is 3. The van der Waals surface area contributed by atoms with Crippen LogP contribution in [0.25, 0.3) is 0 Å². The summed E-state index contributed by atoms with van der Waals surface area (Å²) in [7, 11) is 0. The molecule has 2 aromatic carbocycles. The predicted molar refractivity (Wildman–Crippen MR) is 117 cm³/mol. The van der Waals surface area contributed by atoms with Crippen molar-refractivity contribution in [2.75, 3.05) is 6.61 Å². The number of thiocarbonyl (C=S) groups is 1. The van der Waals surface area contributed by atoms with Crippen molar-refractivity contribution in [3.8, 4) is 5.75 Å². The molecule has 0 spiro atoms. The minimum absolute atomic E-state index is 0.254. The van der Waals surface area contributed by atoms with Crippen molar-refractivity contribution in [2.45, 2.75) is 39.2 Å². The summed E-state index contributed by atoms with van der Waals surface area (Å²) >= 11 is 8.67. The first-order chi connectivity index (χ1) is 13.1. The lowest BCUT2D eigenvalue weighted by molar-refractivity contribution is 0.0976. The van der Waals surface area contributed by atoms with Crippen LogP contribution in [0.3, 0.4) is 0 Å². The maximum Gasteiger partial charge on any atom is 0.257 e. The van der Waals surface area contributed by atoms with Crippen LogP contribution >= 0.6 is 28.1 Å². The molecule has 0 saturated heterocycles. The molecule has 0 unspecified atom stereocenters. The third kappa shape index (κ3) is 7.69. The fourth-order valence-electron chi connectivity index (χ4n) is 2.47. The van der Waals surface area contributed by atoms with Crippen molar-refractivity contribution < 1.29 is 9.53 Å². The van der Waals surface area contributed by atoms with Crippen LogP contribution in [0.15, 0.2) is 53.0 Å². The van der Waals surface area contributed by atoms with Gasteiger partial charge in [-0.05, 0) is 58.3 Å². The van der Waals surface area contributed by atoms with E-state index < -0.39 is 0 Å². The molecule has 0 atom stereocenters. The van der Waals surface area contributed by atoms with Crippen molar-refractivity contribution in [1.29, 1.82) is 0 Å². The highest BCUT2D eigenvalue weighted by Gasteiger charge is 2.11. The van der Waals surface area contributed by atoms with Gasteiger partial charge in [0, 0.05) is 12.1 Å². The van der Waals surface area contributed by atoms with Gasteiger partial charge in [-0.25, -0.2) is 0 Å². The number of amides is 1. The maximum absolute atomic E-state index is 12.4. The number of carbonyl (C=O) groups is 1. The van der Waals surface area contributed by atoms with Gasteiger partial charge in [0.05, 0.1) is 11.1 Å². The maximum atomic E-state index is 12.4. The fraction of sp³-hybridized carbons (Fsp3) is 0.333. The van der Waals surface area contributed by atoms with E-state index in [-0.39, 0.29) is 5.91 Å². The summed E-state index contributed by atoms with van der Waals surface area (Å²) in [4.78, 5) is 12.4. The van der Waals surface area contributed by atoms with Crippen molar-refractivity contribution in [1.82, 2.24) is 10.6 Å². The lowest BCUT2D eigenvalue weighted by Gasteiger charge is -2.11. The molecule has 2 N–H and O–H groups in total. The third-order valence-corrected chi connectivity index (χ3v) is 4.84. The predicted octanol–water partition coefficient (Wildman–Crippen LogP) is 5.21. The summed E-state index contributed by atoms with van der Waals surface area (Å²) in [5.74, 6) is 0.489. The van der Waals surface area contributed by atoms with Crippen LogP contribution in [0, 0.1) is 0 Å². The average Bonchev–Trinajstić information content (AvgIpc) is 2.68. The smallest absolute Gasteiger partial charge is 0.257 e. The largest absolute Gasteiger partial charge is 0.492 e. The van der Waals surface area contributed by atoms with Gasteiger partial charge in [0.1, 0.15) is 5.75 Å². The molecule has 1 amide bonds. The first-order valence-corrected chi connectivity index (χ1v) is 10.4. The molecular weight excluding hydrogens is 424 g/mol. The summed E-state index contributed by atoms with van der Waals surface area (Å²) in [6, 6.07) is 15.2. The normalized spacial score (nSPS) is 10.3. The molecule has 0 aliphatic heterocycles. The van der Waals surface area contributed by atoms with Crippen LogP contribution in [0.5, 0.6) is 5.75 Å². The molecule has 0 aliphatic rings. The van der Waals surface area contributed by atoms with Crippen molar-refractivity contribution in [3.63, 3.8) is 0 Å². The van der Waals surface area contributed by atoms with Crippen LogP contribution in [-0.2, 0) is 6.54 Å². The summed E-state index contributed by atoms with van der Waals surface area (Å²) in [5, 5.41) is 6.03. The Morgan fingerprint density at radius 1 is 1.11 bits per heavy atom. The van der Waals surface area contributed by atoms with Crippen molar-refractivity contribution in [2.24, 2.45) is 0 Å². The molecule has 144 valence electrons. The monoisotopic (exact) mass is 448 g/mol. The number of hydrogen-bond donors (Lipinski definition) is 2. The number of rotatable bonds is 9. The van der Waals surface area contributed by atoms with E-state index in [1.807, 2.05) is 30.3 Å². The quantitative estimate of drug-likeness (QED) is 0.408. The molecule has 4 nitrogen and oxygen atoms in total. The second kappa shape index (κ2) is 11.7. The second-order valence-corrected chi connectivity index (χ2v) is 7.44. The van der Waals surface area contributed by atoms with Crippen molar-refractivity contribution in [3.05, 3.63) is 64.1 Å². The number of carbonyl (C=O) groups excluding carboxylic acids is 1. The van der Waals surface area contributed by atoms with E-state index in [1.54, 1.807) is 18.2 Å². The summed E-state index contributed by atoms with van der Waals surface area (Å²) in [5.41, 5.74) is 1.61. The van der Waals surface area contributed by atoms with Gasteiger partial charge >= 0.3 is 0 Å². The van der Waals surface area contributed by atoms with Gasteiger partial charge in [-0.2, -0.15) is 0 Å². The van der Waals surface area contributed by atoms with Gasteiger partial charge < -0.3 is 10.1 Å². The van der Waals surface area contributed by atoms with Crippen LogP contribution in [-0.4, -0.2) is 17.6 Å². The highest BCUT2D eigenvalue weighted by molar-refractivity contribution is 9.10. The second-order valence-electron chi connectivity index (χ2n) is 6.18. The molecule has 0 saturated carbocycles. The highest BCUT2D eigenvalue weighted by atomic mass is 79.9. The minimum atomic E-state index is -0.254. The number of nitrogens with one attached hydrogen (secondary N) is 2. The molecule has 0 radical (unpaired) electrons. The first-order valence-electron chi connectivity index (χ1n) is 9.15. The first kappa shape index (κ1) is 21.4. The Labute approximate surface area is 174 Å². The number of hydrogen-bond acceptors (Lipinski definition) is 3. The molecule has 27 heavy (non-hydrogen) atoms. The molecular formula is C21H25BrN2O2S. The molecule has 0 bridgehead atoms. The Kier molecular flexibility index (Phi) is 9.28. The van der Waals surface area contributed by atoms with Gasteiger partial charge in [0.25, 0.3) is 5.91 Å². The average molecular weight is 449 g/mol. The van der Waals surface area contributed by atoms with Gasteiger partial charge in [0.2, 0.25) is 0 Å². The van der Waals surface area contributed by atoms with Crippen LogP contribution < -0.4 is 15.4 Å². The zero-order valence-electron chi connectivity index (χ0n) is 15.5. The molecule has 6 heteroatoms. The zero-order valence-corrected chi connectivity index (χ0v) is 17.9. The van der Waals surface area contributed by atoms with Crippen molar-refractivity contribution >= 4 is 39.2 Å². The number of halogens is 1. The molecule has 0 fully saturated rings. The van der Waals surface area contributed by atoms with E-state index in [1.165, 1.54) is 19.3 Å². The van der Waals surface area contributed by atoms with E-state index >= 15 is 0 Å². The minimum Gasteiger partial charge on any atom is -0.492 e. The Bertz CT molecular complexity index is 753. The number of benzene rings is 2. The highest BCUT2D eigenvalue weighted by Crippen LogP contribution is 2.26. The van der Waals surface area contributed by atoms with Gasteiger partial charge in [-0.1, -0.05) is 56.5 Å². The molecule has 2 rings (SSSR count). The Morgan fingerprint density at radius 2 is 1.89 bits per heavy atom. The zero-order chi connectivity index (χ0) is 19.5. The Morgan fingerprint density at radius 3 is 2.59 bits per heavy atom. The third-order valence-electron chi connectivity index (χ3n) is 3.97. The fourth-order valence-corrected chi connectivity index (χ4v) is 3.13. The lowest BCUT2D eigenvalue weighted by atomic mass is 10.2. The van der Waals surface area contributed by atoms with Gasteiger partial charge in [0.15, 0.2) is 5.11 Å². The summed E-state index contributed by atoms with van der Waals surface area (Å²) in [6.45, 7) is 3.43. The Balaban J connectivity index is 1.81. The summed E-state index contributed by atoms with van der Waals surface area (Å²) in [6.07, 6.45) is 4.63. The summed E-state index contributed by atoms with van der Waals surface area (Å²) < 4.78 is 6.53. The molecule has 0 aliphatic carbocycles. The van der Waals surface area contributed by atoms with E-state index in [9.17, 15) is 4.79 Å².